The average molecular weight is 359 g/mol. The first-order chi connectivity index (χ1) is 13.2. The minimum atomic E-state index is -0.0247. The van der Waals surface area contributed by atoms with Crippen molar-refractivity contribution in [2.75, 3.05) is 0 Å². The minimum Gasteiger partial charge on any atom is -0.485 e. The van der Waals surface area contributed by atoms with E-state index in [4.69, 9.17) is 15.2 Å². The van der Waals surface area contributed by atoms with Gasteiger partial charge in [0.15, 0.2) is 11.5 Å². The Morgan fingerprint density at radius 3 is 1.78 bits per heavy atom. The molecule has 0 saturated heterocycles. The third-order valence-corrected chi connectivity index (χ3v) is 4.93. The molecule has 0 spiro atoms. The van der Waals surface area contributed by atoms with Gasteiger partial charge in [0.25, 0.3) is 0 Å². The molecule has 3 aromatic rings. The molecule has 0 unspecified atom stereocenters. The van der Waals surface area contributed by atoms with Gasteiger partial charge in [-0.1, -0.05) is 66.7 Å². The first-order valence-corrected chi connectivity index (χ1v) is 9.45. The molecule has 0 bridgehead atoms. The molecule has 3 aromatic carbocycles. The lowest BCUT2D eigenvalue weighted by Crippen LogP contribution is -2.24. The molecule has 1 fully saturated rings. The molecule has 1 aliphatic carbocycles. The molecular formula is C24H25NO2. The van der Waals surface area contributed by atoms with Gasteiger partial charge in [-0.15, -0.1) is 0 Å². The van der Waals surface area contributed by atoms with Gasteiger partial charge in [-0.05, 0) is 48.1 Å². The molecule has 1 aliphatic rings. The predicted molar refractivity (Wildman–Crippen MR) is 108 cm³/mol. The first kappa shape index (κ1) is 17.6. The van der Waals surface area contributed by atoms with Crippen molar-refractivity contribution in [3.05, 3.63) is 95.6 Å². The maximum absolute atomic E-state index is 6.29. The van der Waals surface area contributed by atoms with Crippen LogP contribution in [-0.4, -0.2) is 5.54 Å². The van der Waals surface area contributed by atoms with Crippen LogP contribution >= 0.6 is 0 Å². The Morgan fingerprint density at radius 2 is 1.22 bits per heavy atom. The van der Waals surface area contributed by atoms with Crippen molar-refractivity contribution in [2.45, 2.75) is 38.0 Å². The maximum atomic E-state index is 6.29. The van der Waals surface area contributed by atoms with E-state index in [1.807, 2.05) is 42.5 Å². The van der Waals surface area contributed by atoms with Crippen LogP contribution < -0.4 is 15.2 Å². The standard InChI is InChI=1S/C24H25NO2/c25-24(13-14-24)16-21-11-12-22(26-17-19-7-3-1-4-8-19)23(15-21)27-18-20-9-5-2-6-10-20/h1-12,15H,13-14,16-18,25H2. The van der Waals surface area contributed by atoms with Gasteiger partial charge < -0.3 is 15.2 Å². The maximum Gasteiger partial charge on any atom is 0.161 e. The molecule has 0 radical (unpaired) electrons. The molecular weight excluding hydrogens is 334 g/mol. The second kappa shape index (κ2) is 7.85. The molecule has 0 atom stereocenters. The average Bonchev–Trinajstić information content (AvgIpc) is 3.44. The summed E-state index contributed by atoms with van der Waals surface area (Å²) >= 11 is 0. The number of benzene rings is 3. The highest BCUT2D eigenvalue weighted by atomic mass is 16.5. The monoisotopic (exact) mass is 359 g/mol. The van der Waals surface area contributed by atoms with E-state index in [1.165, 1.54) is 5.56 Å². The van der Waals surface area contributed by atoms with E-state index in [0.29, 0.717) is 13.2 Å². The molecule has 138 valence electrons. The van der Waals surface area contributed by atoms with E-state index >= 15 is 0 Å². The van der Waals surface area contributed by atoms with E-state index in [9.17, 15) is 0 Å². The van der Waals surface area contributed by atoms with Gasteiger partial charge in [-0.2, -0.15) is 0 Å². The SMILES string of the molecule is NC1(Cc2ccc(OCc3ccccc3)c(OCc3ccccc3)c2)CC1. The molecule has 1 saturated carbocycles. The first-order valence-electron chi connectivity index (χ1n) is 9.45. The van der Waals surface area contributed by atoms with Gasteiger partial charge >= 0.3 is 0 Å². The lowest BCUT2D eigenvalue weighted by atomic mass is 10.0. The normalized spacial score (nSPS) is 14.6. The van der Waals surface area contributed by atoms with Gasteiger partial charge in [0, 0.05) is 5.54 Å². The summed E-state index contributed by atoms with van der Waals surface area (Å²) < 4.78 is 12.2. The molecule has 0 heterocycles. The Kier molecular flexibility index (Phi) is 5.12. The van der Waals surface area contributed by atoms with Gasteiger partial charge in [-0.3, -0.25) is 0 Å². The van der Waals surface area contributed by atoms with E-state index in [1.54, 1.807) is 0 Å². The summed E-state index contributed by atoms with van der Waals surface area (Å²) in [7, 11) is 0. The molecule has 0 aliphatic heterocycles. The summed E-state index contributed by atoms with van der Waals surface area (Å²) in [6.07, 6.45) is 3.08. The van der Waals surface area contributed by atoms with E-state index in [-0.39, 0.29) is 5.54 Å². The zero-order chi connectivity index (χ0) is 18.5. The third kappa shape index (κ3) is 4.89. The number of hydrogen-bond acceptors (Lipinski definition) is 3. The van der Waals surface area contributed by atoms with Crippen LogP contribution in [0.3, 0.4) is 0 Å². The number of nitrogens with two attached hydrogens (primary N) is 1. The third-order valence-electron chi connectivity index (χ3n) is 4.93. The molecule has 4 rings (SSSR count). The van der Waals surface area contributed by atoms with Gasteiger partial charge in [0.2, 0.25) is 0 Å². The lowest BCUT2D eigenvalue weighted by molar-refractivity contribution is 0.255. The highest BCUT2D eigenvalue weighted by Gasteiger charge is 2.38. The Balaban J connectivity index is 1.50. The van der Waals surface area contributed by atoms with Crippen LogP contribution in [0, 0.1) is 0 Å². The Morgan fingerprint density at radius 1 is 0.667 bits per heavy atom. The van der Waals surface area contributed by atoms with Crippen molar-refractivity contribution in [3.8, 4) is 11.5 Å². The van der Waals surface area contributed by atoms with Crippen LogP contribution in [0.15, 0.2) is 78.9 Å². The second-order valence-electron chi connectivity index (χ2n) is 7.37. The van der Waals surface area contributed by atoms with E-state index < -0.39 is 0 Å². The van der Waals surface area contributed by atoms with Crippen LogP contribution in [-0.2, 0) is 19.6 Å². The zero-order valence-corrected chi connectivity index (χ0v) is 15.4. The van der Waals surface area contributed by atoms with Crippen LogP contribution in [0.1, 0.15) is 29.5 Å². The highest BCUT2D eigenvalue weighted by molar-refractivity contribution is 5.44. The van der Waals surface area contributed by atoms with Gasteiger partial charge in [0.1, 0.15) is 13.2 Å². The van der Waals surface area contributed by atoms with Gasteiger partial charge in [0.05, 0.1) is 0 Å². The van der Waals surface area contributed by atoms with Gasteiger partial charge in [-0.25, -0.2) is 0 Å². The Labute approximate surface area is 160 Å². The van der Waals surface area contributed by atoms with E-state index in [2.05, 4.69) is 36.4 Å². The highest BCUT2D eigenvalue weighted by Crippen LogP contribution is 2.38. The molecule has 27 heavy (non-hydrogen) atoms. The van der Waals surface area contributed by atoms with Crippen molar-refractivity contribution in [1.82, 2.24) is 0 Å². The van der Waals surface area contributed by atoms with Crippen molar-refractivity contribution in [3.63, 3.8) is 0 Å². The van der Waals surface area contributed by atoms with Crippen LogP contribution in [0.5, 0.6) is 11.5 Å². The van der Waals surface area contributed by atoms with Crippen LogP contribution in [0.25, 0.3) is 0 Å². The van der Waals surface area contributed by atoms with Crippen molar-refractivity contribution in [2.24, 2.45) is 5.73 Å². The van der Waals surface area contributed by atoms with Crippen molar-refractivity contribution < 1.29 is 9.47 Å². The number of hydrogen-bond donors (Lipinski definition) is 1. The smallest absolute Gasteiger partial charge is 0.161 e. The Hall–Kier alpha value is -2.78. The van der Waals surface area contributed by atoms with Crippen molar-refractivity contribution >= 4 is 0 Å². The molecule has 0 aromatic heterocycles. The molecule has 3 nitrogen and oxygen atoms in total. The fourth-order valence-electron chi connectivity index (χ4n) is 3.11. The minimum absolute atomic E-state index is 0.0247. The Bertz CT molecular complexity index is 873. The van der Waals surface area contributed by atoms with E-state index in [0.717, 1.165) is 41.9 Å². The van der Waals surface area contributed by atoms with Crippen LogP contribution in [0.2, 0.25) is 0 Å². The summed E-state index contributed by atoms with van der Waals surface area (Å²) in [6, 6.07) is 26.5. The fraction of sp³-hybridized carbons (Fsp3) is 0.250. The summed E-state index contributed by atoms with van der Waals surface area (Å²) in [5.41, 5.74) is 9.74. The number of ether oxygens (including phenoxy) is 2. The summed E-state index contributed by atoms with van der Waals surface area (Å²) in [5, 5.41) is 0. The summed E-state index contributed by atoms with van der Waals surface area (Å²) in [4.78, 5) is 0. The second-order valence-corrected chi connectivity index (χ2v) is 7.37. The topological polar surface area (TPSA) is 44.5 Å². The molecule has 3 heteroatoms. The largest absolute Gasteiger partial charge is 0.485 e. The molecule has 0 amide bonds. The fourth-order valence-corrected chi connectivity index (χ4v) is 3.11. The predicted octanol–water partition coefficient (Wildman–Crippen LogP) is 4.88. The molecule has 2 N–H and O–H groups in total. The zero-order valence-electron chi connectivity index (χ0n) is 15.4. The summed E-state index contributed by atoms with van der Waals surface area (Å²) in [6.45, 7) is 1.03. The lowest BCUT2D eigenvalue weighted by Gasteiger charge is -2.16. The number of rotatable bonds is 8. The van der Waals surface area contributed by atoms with Crippen molar-refractivity contribution in [1.29, 1.82) is 0 Å². The van der Waals surface area contributed by atoms with Crippen LogP contribution in [0.4, 0.5) is 0 Å². The quantitative estimate of drug-likeness (QED) is 0.623. The summed E-state index contributed by atoms with van der Waals surface area (Å²) in [5.74, 6) is 1.54.